The molecule has 0 radical (unpaired) electrons. The summed E-state index contributed by atoms with van der Waals surface area (Å²) in [5.41, 5.74) is 0. The summed E-state index contributed by atoms with van der Waals surface area (Å²) < 4.78 is 0. The normalized spacial score (nSPS) is 11.4. The Morgan fingerprint density at radius 3 is 0.964 bits per heavy atom. The highest BCUT2D eigenvalue weighted by molar-refractivity contribution is 5.75. The lowest BCUT2D eigenvalue weighted by molar-refractivity contribution is -0.117. The molecule has 0 saturated carbocycles. The Bertz CT molecular complexity index is 307. The second kappa shape index (κ2) is 23.0. The van der Waals surface area contributed by atoms with Crippen LogP contribution in [-0.2, 0) is 4.79 Å². The van der Waals surface area contributed by atoms with Gasteiger partial charge < -0.3 is 4.79 Å². The van der Waals surface area contributed by atoms with Crippen LogP contribution in [-0.4, -0.2) is 5.78 Å². The summed E-state index contributed by atoms with van der Waals surface area (Å²) in [6.45, 7) is 6.38. The summed E-state index contributed by atoms with van der Waals surface area (Å²) >= 11 is 0. The monoisotopic (exact) mass is 394 g/mol. The number of carbonyl (C=O) groups excluding carboxylic acids is 1. The minimum absolute atomic E-state index is 0.350. The molecular formula is C27H54O. The van der Waals surface area contributed by atoms with Crippen molar-refractivity contribution in [1.29, 1.82) is 0 Å². The fourth-order valence-corrected chi connectivity index (χ4v) is 4.11. The predicted molar refractivity (Wildman–Crippen MR) is 127 cm³/mol. The zero-order chi connectivity index (χ0) is 20.7. The van der Waals surface area contributed by atoms with Crippen molar-refractivity contribution in [3.05, 3.63) is 0 Å². The molecule has 0 aliphatic rings. The molecule has 1 nitrogen and oxygen atoms in total. The van der Waals surface area contributed by atoms with Gasteiger partial charge >= 0.3 is 0 Å². The molecule has 0 amide bonds. The third-order valence-corrected chi connectivity index (χ3v) is 6.06. The third kappa shape index (κ3) is 25.7. The van der Waals surface area contributed by atoms with Gasteiger partial charge in [0.2, 0.25) is 0 Å². The third-order valence-electron chi connectivity index (χ3n) is 6.06. The first-order valence-electron chi connectivity index (χ1n) is 13.1. The zero-order valence-electron chi connectivity index (χ0n) is 20.0. The number of Topliss-reactive ketones (excluding diaryl/α,β-unsaturated/α-hetero) is 1. The van der Waals surface area contributed by atoms with Crippen LogP contribution in [0.4, 0.5) is 0 Å². The number of ketones is 1. The number of hydrogen-bond donors (Lipinski definition) is 0. The Kier molecular flexibility index (Phi) is 22.7. The Morgan fingerprint density at radius 2 is 0.714 bits per heavy atom. The molecule has 168 valence electrons. The Morgan fingerprint density at radius 1 is 0.464 bits per heavy atom. The molecule has 0 atom stereocenters. The predicted octanol–water partition coefficient (Wildman–Crippen LogP) is 9.81. The van der Waals surface area contributed by atoms with Crippen molar-refractivity contribution in [2.75, 3.05) is 0 Å². The standard InChI is InChI=1S/C27H54O/c1-26(2)24-22-20-18-16-14-12-10-8-6-4-5-7-9-11-13-15-17-19-21-23-25-27(3)28/h26H,4-25H2,1-3H3. The molecule has 0 fully saturated rings. The van der Waals surface area contributed by atoms with Crippen LogP contribution in [0.3, 0.4) is 0 Å². The smallest absolute Gasteiger partial charge is 0.129 e. The number of hydrogen-bond acceptors (Lipinski definition) is 1. The van der Waals surface area contributed by atoms with Crippen molar-refractivity contribution in [3.8, 4) is 0 Å². The molecular weight excluding hydrogens is 340 g/mol. The van der Waals surface area contributed by atoms with Crippen LogP contribution in [0.1, 0.15) is 162 Å². The van der Waals surface area contributed by atoms with Gasteiger partial charge in [0.1, 0.15) is 5.78 Å². The van der Waals surface area contributed by atoms with Crippen LogP contribution in [0.15, 0.2) is 0 Å². The van der Waals surface area contributed by atoms with Gasteiger partial charge in [-0.2, -0.15) is 0 Å². The fraction of sp³-hybridized carbons (Fsp3) is 0.963. The fourth-order valence-electron chi connectivity index (χ4n) is 4.11. The molecule has 28 heavy (non-hydrogen) atoms. The van der Waals surface area contributed by atoms with Crippen molar-refractivity contribution < 1.29 is 4.79 Å². The van der Waals surface area contributed by atoms with E-state index in [4.69, 9.17) is 0 Å². The van der Waals surface area contributed by atoms with Gasteiger partial charge in [0.25, 0.3) is 0 Å². The molecule has 0 aromatic rings. The zero-order valence-corrected chi connectivity index (χ0v) is 20.0. The first-order valence-corrected chi connectivity index (χ1v) is 13.1. The van der Waals surface area contributed by atoms with E-state index in [1.165, 1.54) is 128 Å². The molecule has 0 aliphatic carbocycles. The number of rotatable bonds is 23. The molecule has 0 aromatic heterocycles. The van der Waals surface area contributed by atoms with Crippen molar-refractivity contribution in [2.45, 2.75) is 162 Å². The van der Waals surface area contributed by atoms with E-state index in [9.17, 15) is 4.79 Å². The molecule has 0 heterocycles. The van der Waals surface area contributed by atoms with Crippen LogP contribution in [0.5, 0.6) is 0 Å². The maximum absolute atomic E-state index is 10.9. The molecule has 0 N–H and O–H groups in total. The number of carbonyl (C=O) groups is 1. The summed E-state index contributed by atoms with van der Waals surface area (Å²) in [5.74, 6) is 1.24. The highest BCUT2D eigenvalue weighted by Crippen LogP contribution is 2.15. The lowest BCUT2D eigenvalue weighted by Gasteiger charge is -2.05. The first kappa shape index (κ1) is 27.7. The van der Waals surface area contributed by atoms with E-state index in [0.717, 1.165) is 18.8 Å². The van der Waals surface area contributed by atoms with Gasteiger partial charge in [-0.25, -0.2) is 0 Å². The highest BCUT2D eigenvalue weighted by atomic mass is 16.1. The summed E-state index contributed by atoms with van der Waals surface area (Å²) in [7, 11) is 0. The van der Waals surface area contributed by atoms with Gasteiger partial charge in [-0.1, -0.05) is 142 Å². The van der Waals surface area contributed by atoms with Crippen LogP contribution in [0.25, 0.3) is 0 Å². The maximum atomic E-state index is 10.9. The average Bonchev–Trinajstić information content (AvgIpc) is 2.65. The topological polar surface area (TPSA) is 17.1 Å². The van der Waals surface area contributed by atoms with Gasteiger partial charge in [-0.15, -0.1) is 0 Å². The molecule has 0 aromatic carbocycles. The van der Waals surface area contributed by atoms with Crippen LogP contribution >= 0.6 is 0 Å². The lowest BCUT2D eigenvalue weighted by Crippen LogP contribution is -1.89. The van der Waals surface area contributed by atoms with E-state index in [2.05, 4.69) is 13.8 Å². The Labute approximate surface area is 178 Å². The van der Waals surface area contributed by atoms with Gasteiger partial charge in [0.05, 0.1) is 0 Å². The van der Waals surface area contributed by atoms with E-state index >= 15 is 0 Å². The van der Waals surface area contributed by atoms with E-state index < -0.39 is 0 Å². The summed E-state index contributed by atoms with van der Waals surface area (Å²) in [6.07, 6.45) is 30.5. The molecule has 0 aliphatic heterocycles. The van der Waals surface area contributed by atoms with Crippen LogP contribution in [0.2, 0.25) is 0 Å². The van der Waals surface area contributed by atoms with E-state index in [0.29, 0.717) is 5.78 Å². The van der Waals surface area contributed by atoms with Crippen LogP contribution < -0.4 is 0 Å². The second-order valence-corrected chi connectivity index (χ2v) is 9.71. The minimum atomic E-state index is 0.350. The van der Waals surface area contributed by atoms with Crippen molar-refractivity contribution in [3.63, 3.8) is 0 Å². The van der Waals surface area contributed by atoms with Gasteiger partial charge in [0.15, 0.2) is 0 Å². The quantitative estimate of drug-likeness (QED) is 0.158. The Balaban J connectivity index is 3.00. The highest BCUT2D eigenvalue weighted by Gasteiger charge is 1.97. The van der Waals surface area contributed by atoms with E-state index in [1.54, 1.807) is 6.92 Å². The molecule has 0 unspecified atom stereocenters. The summed E-state index contributed by atoms with van der Waals surface area (Å²) in [6, 6.07) is 0. The van der Waals surface area contributed by atoms with Crippen LogP contribution in [0, 0.1) is 5.92 Å². The average molecular weight is 395 g/mol. The van der Waals surface area contributed by atoms with Crippen molar-refractivity contribution in [1.82, 2.24) is 0 Å². The van der Waals surface area contributed by atoms with Gasteiger partial charge in [-0.3, -0.25) is 0 Å². The number of unbranched alkanes of at least 4 members (excludes halogenated alkanes) is 19. The minimum Gasteiger partial charge on any atom is -0.300 e. The molecule has 0 spiro atoms. The van der Waals surface area contributed by atoms with Crippen molar-refractivity contribution >= 4 is 5.78 Å². The molecule has 0 saturated heterocycles. The maximum Gasteiger partial charge on any atom is 0.129 e. The first-order chi connectivity index (χ1) is 13.6. The van der Waals surface area contributed by atoms with E-state index in [1.807, 2.05) is 0 Å². The van der Waals surface area contributed by atoms with Gasteiger partial charge in [-0.05, 0) is 19.3 Å². The summed E-state index contributed by atoms with van der Waals surface area (Å²) in [5, 5.41) is 0. The van der Waals surface area contributed by atoms with E-state index in [-0.39, 0.29) is 0 Å². The molecule has 1 heteroatoms. The Hall–Kier alpha value is -0.330. The second-order valence-electron chi connectivity index (χ2n) is 9.71. The SMILES string of the molecule is CC(=O)CCCCCCCCCCCCCCCCCCCCCCC(C)C. The molecule has 0 rings (SSSR count). The molecule has 0 bridgehead atoms. The lowest BCUT2D eigenvalue weighted by atomic mass is 10.0. The van der Waals surface area contributed by atoms with Crippen molar-refractivity contribution in [2.24, 2.45) is 5.92 Å². The largest absolute Gasteiger partial charge is 0.300 e. The summed E-state index contributed by atoms with van der Waals surface area (Å²) in [4.78, 5) is 10.9. The van der Waals surface area contributed by atoms with Gasteiger partial charge in [0, 0.05) is 6.42 Å².